The van der Waals surface area contributed by atoms with E-state index >= 15 is 0 Å². The average molecular weight is 284 g/mol. The first-order chi connectivity index (χ1) is 10.3. The van der Waals surface area contributed by atoms with Gasteiger partial charge >= 0.3 is 0 Å². The van der Waals surface area contributed by atoms with E-state index in [1.165, 1.54) is 5.56 Å². The van der Waals surface area contributed by atoms with E-state index in [0.717, 1.165) is 25.9 Å². The molecule has 110 valence electrons. The highest BCUT2D eigenvalue weighted by Crippen LogP contribution is 2.22. The van der Waals surface area contributed by atoms with Crippen LogP contribution in [-0.4, -0.2) is 27.6 Å². The van der Waals surface area contributed by atoms with Gasteiger partial charge in [0.2, 0.25) is 0 Å². The van der Waals surface area contributed by atoms with Crippen LogP contribution in [0, 0.1) is 5.92 Å². The van der Waals surface area contributed by atoms with Crippen molar-refractivity contribution in [3.8, 4) is 0 Å². The Morgan fingerprint density at radius 1 is 1.29 bits per heavy atom. The Morgan fingerprint density at radius 3 is 2.86 bits per heavy atom. The number of aromatic nitrogens is 3. The van der Waals surface area contributed by atoms with Crippen molar-refractivity contribution in [2.45, 2.75) is 26.3 Å². The van der Waals surface area contributed by atoms with Crippen molar-refractivity contribution in [2.24, 2.45) is 5.92 Å². The Labute approximate surface area is 124 Å². The Balaban J connectivity index is 1.71. The topological polar surface area (TPSA) is 51.0 Å². The molecule has 5 nitrogen and oxygen atoms in total. The van der Waals surface area contributed by atoms with E-state index in [2.05, 4.69) is 27.0 Å². The van der Waals surface area contributed by atoms with E-state index in [1.807, 2.05) is 19.3 Å². The highest BCUT2D eigenvalue weighted by atomic mass is 16.1. The molecule has 1 saturated heterocycles. The summed E-state index contributed by atoms with van der Waals surface area (Å²) >= 11 is 0. The Morgan fingerprint density at radius 2 is 2.10 bits per heavy atom. The minimum Gasteiger partial charge on any atom is -0.352 e. The number of rotatable bonds is 4. The third-order valence-electron chi connectivity index (χ3n) is 4.10. The summed E-state index contributed by atoms with van der Waals surface area (Å²) < 4.78 is 1.71. The Hall–Kier alpha value is -2.17. The molecule has 1 atom stereocenters. The molecule has 3 rings (SSSR count). The lowest BCUT2D eigenvalue weighted by atomic mass is 10.00. The number of aryl methyl sites for hydroxylation is 1. The maximum absolute atomic E-state index is 12.3. The molecule has 0 spiro atoms. The minimum atomic E-state index is 0.0181. The van der Waals surface area contributed by atoms with Gasteiger partial charge in [0.05, 0.1) is 0 Å². The highest BCUT2D eigenvalue weighted by molar-refractivity contribution is 5.37. The number of nitrogens with zero attached hydrogens (tertiary/aromatic N) is 4. The van der Waals surface area contributed by atoms with Gasteiger partial charge in [-0.2, -0.15) is 0 Å². The lowest BCUT2D eigenvalue weighted by molar-refractivity contribution is 0.585. The molecule has 0 amide bonds. The van der Waals surface area contributed by atoms with Crippen molar-refractivity contribution in [2.75, 3.05) is 18.0 Å². The quantitative estimate of drug-likeness (QED) is 0.858. The van der Waals surface area contributed by atoms with Crippen LogP contribution >= 0.6 is 0 Å². The van der Waals surface area contributed by atoms with E-state index in [9.17, 15) is 4.79 Å². The van der Waals surface area contributed by atoms with Crippen LogP contribution in [-0.2, 0) is 13.0 Å². The van der Waals surface area contributed by atoms with Crippen molar-refractivity contribution in [1.29, 1.82) is 0 Å². The molecular weight excluding hydrogens is 264 g/mol. The van der Waals surface area contributed by atoms with Crippen LogP contribution in [0.1, 0.15) is 18.9 Å². The van der Waals surface area contributed by atoms with Gasteiger partial charge < -0.3 is 9.47 Å². The third-order valence-corrected chi connectivity index (χ3v) is 4.10. The fourth-order valence-corrected chi connectivity index (χ4v) is 2.95. The molecule has 0 aromatic carbocycles. The van der Waals surface area contributed by atoms with Crippen LogP contribution in [0.15, 0.2) is 41.7 Å². The summed E-state index contributed by atoms with van der Waals surface area (Å²) in [4.78, 5) is 22.8. The second-order valence-corrected chi connectivity index (χ2v) is 5.50. The van der Waals surface area contributed by atoms with Gasteiger partial charge in [-0.25, -0.2) is 4.98 Å². The maximum Gasteiger partial charge on any atom is 0.293 e. The summed E-state index contributed by atoms with van der Waals surface area (Å²) in [5, 5.41) is 0. The van der Waals surface area contributed by atoms with Gasteiger partial charge in [-0.05, 0) is 43.4 Å². The fraction of sp³-hybridized carbons (Fsp3) is 0.438. The van der Waals surface area contributed by atoms with E-state index in [1.54, 1.807) is 17.0 Å². The lowest BCUT2D eigenvalue weighted by Gasteiger charge is -2.17. The SMILES string of the molecule is CCn1ccnc(N2CC[C@@H](Cc3ccncc3)C2)c1=O. The summed E-state index contributed by atoms with van der Waals surface area (Å²) in [5.41, 5.74) is 1.33. The molecule has 5 heteroatoms. The van der Waals surface area contributed by atoms with Gasteiger partial charge in [0.1, 0.15) is 0 Å². The Kier molecular flexibility index (Phi) is 3.99. The zero-order valence-corrected chi connectivity index (χ0v) is 12.3. The molecule has 21 heavy (non-hydrogen) atoms. The van der Waals surface area contributed by atoms with Gasteiger partial charge in [-0.15, -0.1) is 0 Å². The van der Waals surface area contributed by atoms with Crippen molar-refractivity contribution in [3.05, 3.63) is 52.8 Å². The van der Waals surface area contributed by atoms with Crippen LogP contribution in [0.25, 0.3) is 0 Å². The number of anilines is 1. The van der Waals surface area contributed by atoms with Crippen LogP contribution in [0.2, 0.25) is 0 Å². The molecule has 0 aliphatic carbocycles. The fourth-order valence-electron chi connectivity index (χ4n) is 2.95. The molecule has 0 radical (unpaired) electrons. The van der Waals surface area contributed by atoms with E-state index in [4.69, 9.17) is 0 Å². The predicted molar refractivity (Wildman–Crippen MR) is 82.4 cm³/mol. The summed E-state index contributed by atoms with van der Waals surface area (Å²) in [6, 6.07) is 4.13. The van der Waals surface area contributed by atoms with Gasteiger partial charge in [0, 0.05) is 44.4 Å². The molecule has 0 unspecified atom stereocenters. The molecule has 2 aromatic heterocycles. The van der Waals surface area contributed by atoms with E-state index in [0.29, 0.717) is 18.3 Å². The molecule has 0 N–H and O–H groups in total. The highest BCUT2D eigenvalue weighted by Gasteiger charge is 2.25. The second kappa shape index (κ2) is 6.08. The molecule has 2 aromatic rings. The van der Waals surface area contributed by atoms with E-state index < -0.39 is 0 Å². The zero-order valence-electron chi connectivity index (χ0n) is 12.3. The first-order valence-corrected chi connectivity index (χ1v) is 7.47. The van der Waals surface area contributed by atoms with Gasteiger partial charge in [0.15, 0.2) is 5.82 Å². The molecular formula is C16H20N4O. The summed E-state index contributed by atoms with van der Waals surface area (Å²) in [5.74, 6) is 1.17. The predicted octanol–water partition coefficient (Wildman–Crippen LogP) is 1.73. The first kappa shape index (κ1) is 13.8. The molecule has 3 heterocycles. The van der Waals surface area contributed by atoms with Gasteiger partial charge in [0.25, 0.3) is 5.56 Å². The molecule has 1 aliphatic heterocycles. The van der Waals surface area contributed by atoms with Crippen LogP contribution < -0.4 is 10.5 Å². The van der Waals surface area contributed by atoms with Crippen LogP contribution in [0.3, 0.4) is 0 Å². The van der Waals surface area contributed by atoms with Crippen molar-refractivity contribution in [3.63, 3.8) is 0 Å². The largest absolute Gasteiger partial charge is 0.352 e. The second-order valence-electron chi connectivity index (χ2n) is 5.50. The summed E-state index contributed by atoms with van der Waals surface area (Å²) in [6.45, 7) is 4.47. The van der Waals surface area contributed by atoms with Gasteiger partial charge in [-0.3, -0.25) is 9.78 Å². The normalized spacial score (nSPS) is 18.1. The summed E-state index contributed by atoms with van der Waals surface area (Å²) in [7, 11) is 0. The zero-order chi connectivity index (χ0) is 14.7. The molecule has 1 aliphatic rings. The van der Waals surface area contributed by atoms with Gasteiger partial charge in [-0.1, -0.05) is 0 Å². The standard InChI is InChI=1S/C16H20N4O/c1-2-19-10-8-18-15(16(19)21)20-9-5-14(12-20)11-13-3-6-17-7-4-13/h3-4,6-8,10,14H,2,5,9,11-12H2,1H3/t14-/m0/s1. The van der Waals surface area contributed by atoms with Crippen molar-refractivity contribution < 1.29 is 0 Å². The summed E-state index contributed by atoms with van der Waals surface area (Å²) in [6.07, 6.45) is 9.27. The average Bonchev–Trinajstić information content (AvgIpc) is 2.97. The minimum absolute atomic E-state index is 0.0181. The van der Waals surface area contributed by atoms with Crippen LogP contribution in [0.4, 0.5) is 5.82 Å². The lowest BCUT2D eigenvalue weighted by Crippen LogP contribution is -2.31. The Bertz CT molecular complexity index is 653. The maximum atomic E-state index is 12.3. The first-order valence-electron chi connectivity index (χ1n) is 7.47. The number of hydrogen-bond acceptors (Lipinski definition) is 4. The van der Waals surface area contributed by atoms with Crippen molar-refractivity contribution >= 4 is 5.82 Å². The molecule has 1 fully saturated rings. The number of hydrogen-bond donors (Lipinski definition) is 0. The molecule has 0 saturated carbocycles. The van der Waals surface area contributed by atoms with E-state index in [-0.39, 0.29) is 5.56 Å². The van der Waals surface area contributed by atoms with Crippen LogP contribution in [0.5, 0.6) is 0 Å². The monoisotopic (exact) mass is 284 g/mol. The number of pyridine rings is 1. The van der Waals surface area contributed by atoms with Crippen molar-refractivity contribution in [1.82, 2.24) is 14.5 Å². The smallest absolute Gasteiger partial charge is 0.293 e. The molecule has 0 bridgehead atoms. The third kappa shape index (κ3) is 2.96.